The number of nitrogens with one attached hydrogen (secondary N) is 1. The van der Waals surface area contributed by atoms with Gasteiger partial charge in [0.15, 0.2) is 0 Å². The van der Waals surface area contributed by atoms with Crippen molar-refractivity contribution in [2.24, 2.45) is 0 Å². The van der Waals surface area contributed by atoms with E-state index >= 15 is 0 Å². The summed E-state index contributed by atoms with van der Waals surface area (Å²) in [6.45, 7) is 3.48. The second kappa shape index (κ2) is 6.54. The molecule has 0 aliphatic rings. The molecule has 0 aliphatic heterocycles. The third-order valence-corrected chi connectivity index (χ3v) is 1.40. The minimum atomic E-state index is -2.48. The van der Waals surface area contributed by atoms with E-state index in [1.165, 1.54) is 7.05 Å². The van der Waals surface area contributed by atoms with Crippen molar-refractivity contribution >= 4 is 5.91 Å². The van der Waals surface area contributed by atoms with Crippen LogP contribution < -0.4 is 5.32 Å². The number of hydrogen-bond acceptors (Lipinski definition) is 2. The Morgan fingerprint density at radius 3 is 2.77 bits per heavy atom. The molecule has 1 amide bonds. The zero-order chi connectivity index (χ0) is 10.3. The molecule has 0 unspecified atom stereocenters. The molecule has 0 spiro atoms. The fourth-order valence-corrected chi connectivity index (χ4v) is 0.725. The number of hydrogen-bond donors (Lipinski definition) is 1. The first kappa shape index (κ1) is 12.0. The van der Waals surface area contributed by atoms with Gasteiger partial charge in [0.1, 0.15) is 0 Å². The van der Waals surface area contributed by atoms with Gasteiger partial charge in [-0.25, -0.2) is 8.78 Å². The predicted molar refractivity (Wildman–Crippen MR) is 46.7 cm³/mol. The molecule has 0 radical (unpaired) electrons. The molecule has 13 heavy (non-hydrogen) atoms. The Kier molecular flexibility index (Phi) is 6.05. The lowest BCUT2D eigenvalue weighted by Crippen LogP contribution is -2.38. The minimum absolute atomic E-state index is 0.0647. The van der Waals surface area contributed by atoms with Gasteiger partial charge in [0, 0.05) is 13.6 Å². The Balaban J connectivity index is 3.62. The van der Waals surface area contributed by atoms with Gasteiger partial charge in [-0.2, -0.15) is 0 Å². The van der Waals surface area contributed by atoms with E-state index in [9.17, 15) is 13.6 Å². The van der Waals surface area contributed by atoms with Crippen LogP contribution in [0.25, 0.3) is 0 Å². The summed E-state index contributed by atoms with van der Waals surface area (Å²) in [5.41, 5.74) is 0. The number of nitrogens with zero attached hydrogens (tertiary/aromatic N) is 1. The summed E-state index contributed by atoms with van der Waals surface area (Å²) >= 11 is 0. The van der Waals surface area contributed by atoms with E-state index < -0.39 is 13.0 Å². The van der Waals surface area contributed by atoms with Gasteiger partial charge in [-0.05, 0) is 0 Å². The van der Waals surface area contributed by atoms with Crippen molar-refractivity contribution in [2.75, 3.05) is 26.7 Å². The van der Waals surface area contributed by atoms with Crippen LogP contribution >= 0.6 is 0 Å². The fraction of sp³-hybridized carbons (Fsp3) is 0.625. The normalized spacial score (nSPS) is 10.2. The molecule has 0 aromatic carbocycles. The van der Waals surface area contributed by atoms with Gasteiger partial charge in [0.05, 0.1) is 13.1 Å². The van der Waals surface area contributed by atoms with Crippen molar-refractivity contribution in [2.45, 2.75) is 6.43 Å². The second-order valence-electron chi connectivity index (χ2n) is 2.58. The van der Waals surface area contributed by atoms with Crippen LogP contribution in [0.1, 0.15) is 0 Å². The zero-order valence-electron chi connectivity index (χ0n) is 7.59. The number of amides is 1. The highest BCUT2D eigenvalue weighted by atomic mass is 19.3. The molecule has 0 aliphatic carbocycles. The Hall–Kier alpha value is -0.970. The van der Waals surface area contributed by atoms with E-state index in [0.29, 0.717) is 6.54 Å². The molecular weight excluding hydrogens is 178 g/mol. The van der Waals surface area contributed by atoms with Crippen LogP contribution in [0.5, 0.6) is 0 Å². The van der Waals surface area contributed by atoms with Crippen LogP contribution in [0.15, 0.2) is 12.7 Å². The van der Waals surface area contributed by atoms with Crippen LogP contribution in [0.2, 0.25) is 0 Å². The molecule has 3 nitrogen and oxygen atoms in total. The van der Waals surface area contributed by atoms with Crippen LogP contribution in [-0.4, -0.2) is 43.9 Å². The number of carbonyl (C=O) groups is 1. The Morgan fingerprint density at radius 2 is 2.31 bits per heavy atom. The smallest absolute Gasteiger partial charge is 0.255 e. The first-order chi connectivity index (χ1) is 6.07. The predicted octanol–water partition coefficient (Wildman–Crippen LogP) is 0.485. The molecule has 0 saturated heterocycles. The van der Waals surface area contributed by atoms with E-state index in [4.69, 9.17) is 0 Å². The van der Waals surface area contributed by atoms with E-state index in [0.717, 1.165) is 4.90 Å². The average molecular weight is 192 g/mol. The topological polar surface area (TPSA) is 32.3 Å². The van der Waals surface area contributed by atoms with Crippen LogP contribution in [0.3, 0.4) is 0 Å². The summed E-state index contributed by atoms with van der Waals surface area (Å²) in [6.07, 6.45) is -0.881. The Labute approximate surface area is 76.4 Å². The highest BCUT2D eigenvalue weighted by molar-refractivity contribution is 5.77. The largest absolute Gasteiger partial charge is 0.339 e. The van der Waals surface area contributed by atoms with Gasteiger partial charge in [0.25, 0.3) is 6.43 Å². The second-order valence-corrected chi connectivity index (χ2v) is 2.58. The maximum absolute atomic E-state index is 11.8. The molecule has 0 bridgehead atoms. The molecule has 0 saturated carbocycles. The van der Waals surface area contributed by atoms with Crippen molar-refractivity contribution in [3.63, 3.8) is 0 Å². The van der Waals surface area contributed by atoms with Crippen LogP contribution in [0.4, 0.5) is 8.78 Å². The number of halogens is 2. The lowest BCUT2D eigenvalue weighted by atomic mass is 10.4. The van der Waals surface area contributed by atoms with E-state index in [1.54, 1.807) is 6.08 Å². The SMILES string of the molecule is C=CCNCC(=O)N(C)CC(F)F. The highest BCUT2D eigenvalue weighted by Gasteiger charge is 2.12. The van der Waals surface area contributed by atoms with Gasteiger partial charge in [-0.15, -0.1) is 6.58 Å². The van der Waals surface area contributed by atoms with Gasteiger partial charge < -0.3 is 10.2 Å². The molecule has 5 heteroatoms. The first-order valence-corrected chi connectivity index (χ1v) is 3.91. The van der Waals surface area contributed by atoms with E-state index in [-0.39, 0.29) is 12.5 Å². The minimum Gasteiger partial charge on any atom is -0.339 e. The summed E-state index contributed by atoms with van der Waals surface area (Å²) in [5.74, 6) is -0.345. The summed E-state index contributed by atoms with van der Waals surface area (Å²) in [7, 11) is 1.35. The van der Waals surface area contributed by atoms with E-state index in [1.807, 2.05) is 0 Å². The van der Waals surface area contributed by atoms with Gasteiger partial charge in [0.2, 0.25) is 5.91 Å². The maximum Gasteiger partial charge on any atom is 0.255 e. The quantitative estimate of drug-likeness (QED) is 0.490. The van der Waals surface area contributed by atoms with Crippen LogP contribution in [0, 0.1) is 0 Å². The zero-order valence-corrected chi connectivity index (χ0v) is 7.59. The molecule has 0 atom stereocenters. The van der Waals surface area contributed by atoms with E-state index in [2.05, 4.69) is 11.9 Å². The van der Waals surface area contributed by atoms with Crippen LogP contribution in [-0.2, 0) is 4.79 Å². The first-order valence-electron chi connectivity index (χ1n) is 3.91. The molecule has 76 valence electrons. The summed E-state index contributed by atoms with van der Waals surface area (Å²) in [5, 5.41) is 2.73. The summed E-state index contributed by atoms with van der Waals surface area (Å²) in [4.78, 5) is 12.0. The highest BCUT2D eigenvalue weighted by Crippen LogP contribution is 1.95. The van der Waals surface area contributed by atoms with Crippen molar-refractivity contribution in [3.8, 4) is 0 Å². The number of alkyl halides is 2. The standard InChI is InChI=1S/C8H14F2N2O/c1-3-4-11-5-8(13)12(2)6-7(9)10/h3,7,11H,1,4-6H2,2H3. The molecule has 0 heterocycles. The lowest BCUT2D eigenvalue weighted by Gasteiger charge is -2.16. The molecule has 0 fully saturated rings. The monoisotopic (exact) mass is 192 g/mol. The third-order valence-electron chi connectivity index (χ3n) is 1.40. The van der Waals surface area contributed by atoms with Gasteiger partial charge >= 0.3 is 0 Å². The number of carbonyl (C=O) groups excluding carboxylic acids is 1. The Morgan fingerprint density at radius 1 is 1.69 bits per heavy atom. The van der Waals surface area contributed by atoms with Crippen molar-refractivity contribution < 1.29 is 13.6 Å². The summed E-state index contributed by atoms with van der Waals surface area (Å²) < 4.78 is 23.6. The Bertz CT molecular complexity index is 174. The number of rotatable bonds is 6. The number of likely N-dealkylation sites (N-methyl/N-ethyl adjacent to an activating group) is 1. The molecule has 0 rings (SSSR count). The molecule has 1 N–H and O–H groups in total. The third kappa shape index (κ3) is 6.21. The fourth-order valence-electron chi connectivity index (χ4n) is 0.725. The molecule has 0 aromatic heterocycles. The van der Waals surface area contributed by atoms with Gasteiger partial charge in [-0.1, -0.05) is 6.08 Å². The van der Waals surface area contributed by atoms with Crippen molar-refractivity contribution in [1.29, 1.82) is 0 Å². The molecular formula is C8H14F2N2O. The molecule has 0 aromatic rings. The van der Waals surface area contributed by atoms with Crippen molar-refractivity contribution in [1.82, 2.24) is 10.2 Å². The summed E-state index contributed by atoms with van der Waals surface area (Å²) in [6, 6.07) is 0. The average Bonchev–Trinajstić information content (AvgIpc) is 2.03. The van der Waals surface area contributed by atoms with Crippen molar-refractivity contribution in [3.05, 3.63) is 12.7 Å². The maximum atomic E-state index is 11.8. The lowest BCUT2D eigenvalue weighted by molar-refractivity contribution is -0.130. The van der Waals surface area contributed by atoms with Gasteiger partial charge in [-0.3, -0.25) is 4.79 Å².